The summed E-state index contributed by atoms with van der Waals surface area (Å²) in [6.07, 6.45) is 1.44. The molecule has 2 heterocycles. The minimum atomic E-state index is 0.363. The molecule has 0 unspecified atom stereocenters. The third-order valence-corrected chi connectivity index (χ3v) is 3.25. The van der Waals surface area contributed by atoms with Crippen LogP contribution in [0.5, 0.6) is 0 Å². The van der Waals surface area contributed by atoms with Crippen molar-refractivity contribution >= 4 is 38.6 Å². The molecule has 0 bridgehead atoms. The van der Waals surface area contributed by atoms with Crippen LogP contribution in [0.2, 0.25) is 5.02 Å². The van der Waals surface area contributed by atoms with Crippen LogP contribution in [0.1, 0.15) is 11.3 Å². The van der Waals surface area contributed by atoms with Gasteiger partial charge >= 0.3 is 0 Å². The summed E-state index contributed by atoms with van der Waals surface area (Å²) in [4.78, 5) is 8.34. The second-order valence-corrected chi connectivity index (χ2v) is 4.26. The standard InChI is InChI=1S/C10H5BrClN3/c1-5-8(11)2-7-9(12)6(3-13)4-14-10(7)15-5/h2,4H,1H3. The lowest BCUT2D eigenvalue weighted by Crippen LogP contribution is -1.91. The van der Waals surface area contributed by atoms with Gasteiger partial charge in [-0.3, -0.25) is 0 Å². The van der Waals surface area contributed by atoms with Crippen LogP contribution in [0.25, 0.3) is 11.0 Å². The lowest BCUT2D eigenvalue weighted by Gasteiger charge is -2.03. The second kappa shape index (κ2) is 3.76. The second-order valence-electron chi connectivity index (χ2n) is 3.02. The number of hydrogen-bond donors (Lipinski definition) is 0. The number of nitrogens with zero attached hydrogens (tertiary/aromatic N) is 3. The molecule has 0 amide bonds. The number of rotatable bonds is 0. The van der Waals surface area contributed by atoms with Crippen molar-refractivity contribution in [2.24, 2.45) is 0 Å². The van der Waals surface area contributed by atoms with Gasteiger partial charge in [0.05, 0.1) is 16.3 Å². The van der Waals surface area contributed by atoms with Crippen molar-refractivity contribution in [1.82, 2.24) is 9.97 Å². The summed E-state index contributed by atoms with van der Waals surface area (Å²) >= 11 is 9.41. The first-order valence-corrected chi connectivity index (χ1v) is 5.32. The molecule has 0 fully saturated rings. The maximum Gasteiger partial charge on any atom is 0.161 e. The lowest BCUT2D eigenvalue weighted by atomic mass is 10.2. The van der Waals surface area contributed by atoms with E-state index in [1.54, 1.807) is 0 Å². The molecule has 0 saturated heterocycles. The number of aryl methyl sites for hydroxylation is 1. The van der Waals surface area contributed by atoms with Gasteiger partial charge in [0.2, 0.25) is 0 Å². The van der Waals surface area contributed by atoms with Crippen LogP contribution in [0.15, 0.2) is 16.7 Å². The van der Waals surface area contributed by atoms with Crippen LogP contribution >= 0.6 is 27.5 Å². The zero-order chi connectivity index (χ0) is 11.0. The average molecular weight is 283 g/mol. The van der Waals surface area contributed by atoms with Gasteiger partial charge in [-0.05, 0) is 28.9 Å². The number of fused-ring (bicyclic) bond motifs is 1. The fraction of sp³-hybridized carbons (Fsp3) is 0.100. The average Bonchev–Trinajstić information content (AvgIpc) is 2.22. The summed E-state index contributed by atoms with van der Waals surface area (Å²) in [5, 5.41) is 9.88. The van der Waals surface area contributed by atoms with Crippen molar-refractivity contribution in [2.45, 2.75) is 6.92 Å². The van der Waals surface area contributed by atoms with Crippen molar-refractivity contribution in [1.29, 1.82) is 5.26 Å². The molecule has 0 saturated carbocycles. The molecule has 0 radical (unpaired) electrons. The zero-order valence-corrected chi connectivity index (χ0v) is 10.1. The molecule has 0 atom stereocenters. The van der Waals surface area contributed by atoms with Gasteiger partial charge < -0.3 is 0 Å². The van der Waals surface area contributed by atoms with Crippen molar-refractivity contribution < 1.29 is 0 Å². The molecule has 0 N–H and O–H groups in total. The highest BCUT2D eigenvalue weighted by molar-refractivity contribution is 9.10. The van der Waals surface area contributed by atoms with E-state index in [0.29, 0.717) is 21.6 Å². The molecule has 2 aromatic rings. The third kappa shape index (κ3) is 1.69. The molecule has 0 aromatic carbocycles. The Hall–Kier alpha value is -1.18. The predicted molar refractivity (Wildman–Crippen MR) is 61.7 cm³/mol. The van der Waals surface area contributed by atoms with E-state index in [1.165, 1.54) is 6.20 Å². The highest BCUT2D eigenvalue weighted by Gasteiger charge is 2.09. The van der Waals surface area contributed by atoms with Crippen LogP contribution in [0.3, 0.4) is 0 Å². The van der Waals surface area contributed by atoms with Crippen molar-refractivity contribution in [3.8, 4) is 6.07 Å². The summed E-state index contributed by atoms with van der Waals surface area (Å²) < 4.78 is 0.855. The summed E-state index contributed by atoms with van der Waals surface area (Å²) in [6, 6.07) is 3.81. The Morgan fingerprint density at radius 1 is 1.53 bits per heavy atom. The van der Waals surface area contributed by atoms with Gasteiger partial charge in [-0.25, -0.2) is 9.97 Å². The highest BCUT2D eigenvalue weighted by Crippen LogP contribution is 2.27. The molecule has 0 aliphatic carbocycles. The van der Waals surface area contributed by atoms with Crippen LogP contribution in [0.4, 0.5) is 0 Å². The zero-order valence-electron chi connectivity index (χ0n) is 7.75. The Bertz CT molecular complexity index is 589. The van der Waals surface area contributed by atoms with Crippen molar-refractivity contribution in [2.75, 3.05) is 0 Å². The van der Waals surface area contributed by atoms with Gasteiger partial charge in [0, 0.05) is 16.1 Å². The molecule has 0 aliphatic heterocycles. The van der Waals surface area contributed by atoms with E-state index in [1.807, 2.05) is 19.1 Å². The summed E-state index contributed by atoms with van der Waals surface area (Å²) in [5.41, 5.74) is 1.76. The number of nitriles is 1. The van der Waals surface area contributed by atoms with E-state index in [0.717, 1.165) is 10.2 Å². The van der Waals surface area contributed by atoms with Gasteiger partial charge in [-0.15, -0.1) is 0 Å². The smallest absolute Gasteiger partial charge is 0.161 e. The van der Waals surface area contributed by atoms with E-state index in [4.69, 9.17) is 16.9 Å². The Balaban J connectivity index is 2.89. The first-order valence-electron chi connectivity index (χ1n) is 4.15. The predicted octanol–water partition coefficient (Wildman–Crippen LogP) is 3.23. The molecule has 74 valence electrons. The lowest BCUT2D eigenvalue weighted by molar-refractivity contribution is 1.18. The quantitative estimate of drug-likeness (QED) is 0.745. The van der Waals surface area contributed by atoms with Gasteiger partial charge in [0.1, 0.15) is 6.07 Å². The molecule has 0 aliphatic rings. The van der Waals surface area contributed by atoms with Crippen LogP contribution in [-0.4, -0.2) is 9.97 Å². The van der Waals surface area contributed by atoms with Crippen LogP contribution in [0, 0.1) is 18.3 Å². The van der Waals surface area contributed by atoms with Crippen LogP contribution in [-0.2, 0) is 0 Å². The molecule has 2 rings (SSSR count). The monoisotopic (exact) mass is 281 g/mol. The minimum Gasteiger partial charge on any atom is -0.235 e. The fourth-order valence-electron chi connectivity index (χ4n) is 1.23. The molecule has 0 spiro atoms. The summed E-state index contributed by atoms with van der Waals surface area (Å²) in [5.74, 6) is 0. The molecular formula is C10H5BrClN3. The molecule has 5 heteroatoms. The first-order chi connectivity index (χ1) is 7.13. The third-order valence-electron chi connectivity index (χ3n) is 2.04. The van der Waals surface area contributed by atoms with Crippen molar-refractivity contribution in [3.05, 3.63) is 33.0 Å². The van der Waals surface area contributed by atoms with E-state index in [2.05, 4.69) is 25.9 Å². The number of pyridine rings is 2. The molecule has 15 heavy (non-hydrogen) atoms. The Kier molecular flexibility index (Phi) is 2.59. The van der Waals surface area contributed by atoms with E-state index < -0.39 is 0 Å². The fourth-order valence-corrected chi connectivity index (χ4v) is 1.78. The van der Waals surface area contributed by atoms with Gasteiger partial charge in [-0.2, -0.15) is 5.26 Å². The number of hydrogen-bond acceptors (Lipinski definition) is 3. The summed E-state index contributed by atoms with van der Waals surface area (Å²) in [7, 11) is 0. The van der Waals surface area contributed by atoms with Gasteiger partial charge in [-0.1, -0.05) is 11.6 Å². The first kappa shape index (κ1) is 10.3. The summed E-state index contributed by atoms with van der Waals surface area (Å²) in [6.45, 7) is 1.87. The Labute approximate surface area is 99.8 Å². The molecule has 2 aromatic heterocycles. The Morgan fingerprint density at radius 2 is 2.27 bits per heavy atom. The van der Waals surface area contributed by atoms with E-state index in [-0.39, 0.29) is 0 Å². The largest absolute Gasteiger partial charge is 0.235 e. The van der Waals surface area contributed by atoms with Crippen LogP contribution < -0.4 is 0 Å². The van der Waals surface area contributed by atoms with Gasteiger partial charge in [0.25, 0.3) is 0 Å². The highest BCUT2D eigenvalue weighted by atomic mass is 79.9. The topological polar surface area (TPSA) is 49.6 Å². The van der Waals surface area contributed by atoms with E-state index >= 15 is 0 Å². The minimum absolute atomic E-state index is 0.363. The molecular weight excluding hydrogens is 277 g/mol. The maximum atomic E-state index is 8.80. The Morgan fingerprint density at radius 3 is 2.93 bits per heavy atom. The normalized spacial score (nSPS) is 10.3. The maximum absolute atomic E-state index is 8.80. The SMILES string of the molecule is Cc1nc2ncc(C#N)c(Cl)c2cc1Br. The van der Waals surface area contributed by atoms with Gasteiger partial charge in [0.15, 0.2) is 5.65 Å². The van der Waals surface area contributed by atoms with Crippen molar-refractivity contribution in [3.63, 3.8) is 0 Å². The number of aromatic nitrogens is 2. The molecule has 3 nitrogen and oxygen atoms in total. The number of halogens is 2. The van der Waals surface area contributed by atoms with E-state index in [9.17, 15) is 0 Å².